The maximum absolute atomic E-state index is 13.3. The molecular formula is C11H9F3O3. The summed E-state index contributed by atoms with van der Waals surface area (Å²) < 4.78 is 49.0. The van der Waals surface area contributed by atoms with Crippen molar-refractivity contribution in [3.05, 3.63) is 35.1 Å². The Bertz CT molecular complexity index is 442. The molecule has 2 rings (SSSR count). The lowest BCUT2D eigenvalue weighted by atomic mass is 10.1. The molecule has 0 radical (unpaired) electrons. The molecule has 0 amide bonds. The molecule has 1 heterocycles. The lowest BCUT2D eigenvalue weighted by molar-refractivity contribution is -0.0720. The zero-order valence-electron chi connectivity index (χ0n) is 8.71. The third-order valence-corrected chi connectivity index (χ3v) is 2.41. The van der Waals surface area contributed by atoms with Crippen molar-refractivity contribution >= 4 is 5.78 Å². The Balaban J connectivity index is 2.27. The van der Waals surface area contributed by atoms with Crippen molar-refractivity contribution in [2.75, 3.05) is 19.8 Å². The maximum atomic E-state index is 13.3. The minimum atomic E-state index is -1.66. The molecule has 0 aliphatic carbocycles. The van der Waals surface area contributed by atoms with Crippen molar-refractivity contribution in [3.63, 3.8) is 0 Å². The Kier molecular flexibility index (Phi) is 3.44. The van der Waals surface area contributed by atoms with Gasteiger partial charge in [0.15, 0.2) is 23.2 Å². The van der Waals surface area contributed by atoms with Crippen LogP contribution in [0.4, 0.5) is 13.2 Å². The molecule has 0 bridgehead atoms. The molecular weight excluding hydrogens is 237 g/mol. The summed E-state index contributed by atoms with van der Waals surface area (Å²) in [4.78, 5) is 11.7. The highest BCUT2D eigenvalue weighted by atomic mass is 19.2. The molecule has 17 heavy (non-hydrogen) atoms. The quantitative estimate of drug-likeness (QED) is 0.588. The predicted octanol–water partition coefficient (Wildman–Crippen LogP) is 1.70. The first-order valence-electron chi connectivity index (χ1n) is 4.98. The van der Waals surface area contributed by atoms with Gasteiger partial charge in [0.05, 0.1) is 25.4 Å². The van der Waals surface area contributed by atoms with Gasteiger partial charge in [-0.2, -0.15) is 0 Å². The van der Waals surface area contributed by atoms with E-state index in [1.807, 2.05) is 0 Å². The average molecular weight is 246 g/mol. The monoisotopic (exact) mass is 246 g/mol. The number of rotatable bonds is 2. The van der Waals surface area contributed by atoms with Crippen LogP contribution in [0.15, 0.2) is 12.1 Å². The summed E-state index contributed by atoms with van der Waals surface area (Å²) in [6.07, 6.45) is -0.969. The van der Waals surface area contributed by atoms with Crippen LogP contribution in [-0.4, -0.2) is 31.7 Å². The van der Waals surface area contributed by atoms with Gasteiger partial charge in [-0.05, 0) is 12.1 Å². The molecule has 1 aliphatic rings. The fraction of sp³-hybridized carbons (Fsp3) is 0.364. The van der Waals surface area contributed by atoms with Crippen LogP contribution in [0.1, 0.15) is 10.4 Å². The third-order valence-electron chi connectivity index (χ3n) is 2.41. The maximum Gasteiger partial charge on any atom is 0.196 e. The number of carbonyl (C=O) groups is 1. The summed E-state index contributed by atoms with van der Waals surface area (Å²) >= 11 is 0. The topological polar surface area (TPSA) is 35.5 Å². The molecule has 0 N–H and O–H groups in total. The van der Waals surface area contributed by atoms with Crippen LogP contribution in [0.5, 0.6) is 0 Å². The van der Waals surface area contributed by atoms with Gasteiger partial charge in [0.2, 0.25) is 0 Å². The summed E-state index contributed by atoms with van der Waals surface area (Å²) in [6.45, 7) is 0.545. The molecule has 1 aliphatic heterocycles. The van der Waals surface area contributed by atoms with Crippen molar-refractivity contribution in [2.24, 2.45) is 0 Å². The highest BCUT2D eigenvalue weighted by molar-refractivity contribution is 5.99. The van der Waals surface area contributed by atoms with E-state index in [1.54, 1.807) is 0 Å². The number of benzene rings is 1. The molecule has 0 aromatic heterocycles. The zero-order valence-corrected chi connectivity index (χ0v) is 8.71. The molecule has 6 heteroatoms. The lowest BCUT2D eigenvalue weighted by Crippen LogP contribution is -2.36. The first-order chi connectivity index (χ1) is 8.11. The Morgan fingerprint density at radius 2 is 1.94 bits per heavy atom. The minimum Gasteiger partial charge on any atom is -0.376 e. The van der Waals surface area contributed by atoms with Gasteiger partial charge in [-0.1, -0.05) is 0 Å². The van der Waals surface area contributed by atoms with E-state index >= 15 is 0 Å². The van der Waals surface area contributed by atoms with Crippen molar-refractivity contribution < 1.29 is 27.4 Å². The summed E-state index contributed by atoms with van der Waals surface area (Å²) in [6, 6.07) is 1.60. The van der Waals surface area contributed by atoms with Crippen molar-refractivity contribution in [1.29, 1.82) is 0 Å². The first kappa shape index (κ1) is 12.1. The van der Waals surface area contributed by atoms with E-state index in [4.69, 9.17) is 9.47 Å². The Morgan fingerprint density at radius 3 is 2.59 bits per heavy atom. The van der Waals surface area contributed by atoms with E-state index in [9.17, 15) is 18.0 Å². The lowest BCUT2D eigenvalue weighted by Gasteiger charge is -2.21. The number of hydrogen-bond donors (Lipinski definition) is 0. The highest BCUT2D eigenvalue weighted by Crippen LogP contribution is 2.18. The zero-order chi connectivity index (χ0) is 12.4. The van der Waals surface area contributed by atoms with Gasteiger partial charge < -0.3 is 9.47 Å². The van der Waals surface area contributed by atoms with Crippen LogP contribution in [0.25, 0.3) is 0 Å². The summed E-state index contributed by atoms with van der Waals surface area (Å²) in [5.74, 6) is -5.24. The fourth-order valence-electron chi connectivity index (χ4n) is 1.53. The van der Waals surface area contributed by atoms with E-state index in [-0.39, 0.29) is 13.2 Å². The number of ether oxygens (including phenoxy) is 2. The smallest absolute Gasteiger partial charge is 0.196 e. The Hall–Kier alpha value is -1.40. The molecule has 92 valence electrons. The van der Waals surface area contributed by atoms with Gasteiger partial charge >= 0.3 is 0 Å². The summed E-state index contributed by atoms with van der Waals surface area (Å²) in [5, 5.41) is 0. The van der Waals surface area contributed by atoms with Gasteiger partial charge in [0.25, 0.3) is 0 Å². The summed E-state index contributed by atoms with van der Waals surface area (Å²) in [5.41, 5.74) is -0.528. The van der Waals surface area contributed by atoms with Crippen LogP contribution in [0, 0.1) is 17.5 Å². The van der Waals surface area contributed by atoms with Crippen LogP contribution in [0.2, 0.25) is 0 Å². The standard InChI is InChI=1S/C11H9F3O3/c12-7-2-1-6(9(13)10(7)14)11(15)8-5-16-3-4-17-8/h1-2,8H,3-5H2. The largest absolute Gasteiger partial charge is 0.376 e. The molecule has 1 saturated heterocycles. The molecule has 1 unspecified atom stereocenters. The highest BCUT2D eigenvalue weighted by Gasteiger charge is 2.28. The van der Waals surface area contributed by atoms with Crippen molar-refractivity contribution in [1.82, 2.24) is 0 Å². The SMILES string of the molecule is O=C(c1ccc(F)c(F)c1F)C1COCCO1. The number of carbonyl (C=O) groups excluding carboxylic acids is 1. The first-order valence-corrected chi connectivity index (χ1v) is 4.98. The second-order valence-corrected chi connectivity index (χ2v) is 3.52. The number of hydrogen-bond acceptors (Lipinski definition) is 3. The van der Waals surface area contributed by atoms with E-state index in [0.29, 0.717) is 12.7 Å². The van der Waals surface area contributed by atoms with Crippen LogP contribution in [-0.2, 0) is 9.47 Å². The van der Waals surface area contributed by atoms with Crippen LogP contribution < -0.4 is 0 Å². The molecule has 0 saturated carbocycles. The normalized spacial score (nSPS) is 20.3. The molecule has 1 atom stereocenters. The molecule has 3 nitrogen and oxygen atoms in total. The molecule has 0 spiro atoms. The number of ketones is 1. The average Bonchev–Trinajstić information content (AvgIpc) is 2.36. The summed E-state index contributed by atoms with van der Waals surface area (Å²) in [7, 11) is 0. The van der Waals surface area contributed by atoms with Crippen molar-refractivity contribution in [2.45, 2.75) is 6.10 Å². The van der Waals surface area contributed by atoms with E-state index in [0.717, 1.165) is 6.07 Å². The van der Waals surface area contributed by atoms with Gasteiger partial charge in [-0.3, -0.25) is 4.79 Å². The van der Waals surface area contributed by atoms with Gasteiger partial charge in [-0.15, -0.1) is 0 Å². The molecule has 1 fully saturated rings. The number of halogens is 3. The predicted molar refractivity (Wildman–Crippen MR) is 51.2 cm³/mol. The van der Waals surface area contributed by atoms with E-state index in [2.05, 4.69) is 0 Å². The second-order valence-electron chi connectivity index (χ2n) is 3.52. The second kappa shape index (κ2) is 4.85. The van der Waals surface area contributed by atoms with Crippen LogP contribution in [0.3, 0.4) is 0 Å². The minimum absolute atomic E-state index is 0.0166. The third kappa shape index (κ3) is 2.32. The van der Waals surface area contributed by atoms with Gasteiger partial charge in [0.1, 0.15) is 6.10 Å². The van der Waals surface area contributed by atoms with E-state index in [1.165, 1.54) is 0 Å². The van der Waals surface area contributed by atoms with Gasteiger partial charge in [-0.25, -0.2) is 13.2 Å². The van der Waals surface area contributed by atoms with Crippen LogP contribution >= 0.6 is 0 Å². The Morgan fingerprint density at radius 1 is 1.18 bits per heavy atom. The van der Waals surface area contributed by atoms with Gasteiger partial charge in [0, 0.05) is 0 Å². The van der Waals surface area contributed by atoms with Crippen molar-refractivity contribution in [3.8, 4) is 0 Å². The van der Waals surface area contributed by atoms with E-state index < -0.39 is 34.9 Å². The number of Topliss-reactive ketones (excluding diaryl/α,β-unsaturated/α-hetero) is 1. The molecule has 1 aromatic carbocycles. The Labute approximate surface area is 95.1 Å². The molecule has 1 aromatic rings. The fourth-order valence-corrected chi connectivity index (χ4v) is 1.53.